The number of para-hydroxylation sites is 1. The number of nitrogens with zero attached hydrogens (tertiary/aromatic N) is 1. The normalized spacial score (nSPS) is 11.6. The van der Waals surface area contributed by atoms with Gasteiger partial charge in [-0.2, -0.15) is 0 Å². The molecule has 11 heteroatoms. The number of hydrogen-bond acceptors (Lipinski definition) is 4. The molecule has 32 heavy (non-hydrogen) atoms. The van der Waals surface area contributed by atoms with E-state index in [0.29, 0.717) is 5.02 Å². The van der Waals surface area contributed by atoms with Gasteiger partial charge in [-0.15, -0.1) is 13.2 Å². The number of anilines is 2. The van der Waals surface area contributed by atoms with Crippen molar-refractivity contribution < 1.29 is 31.1 Å². The Bertz CT molecular complexity index is 1170. The van der Waals surface area contributed by atoms with Gasteiger partial charge >= 0.3 is 6.36 Å². The highest BCUT2D eigenvalue weighted by molar-refractivity contribution is 7.92. The summed E-state index contributed by atoms with van der Waals surface area (Å²) in [6.07, 6.45) is -4.84. The first kappa shape index (κ1) is 23.4. The third-order valence-corrected chi connectivity index (χ3v) is 6.14. The number of carbonyl (C=O) groups excluding carboxylic acids is 1. The second kappa shape index (κ2) is 9.49. The first-order chi connectivity index (χ1) is 15.0. The highest BCUT2D eigenvalue weighted by Crippen LogP contribution is 2.26. The van der Waals surface area contributed by atoms with Crippen molar-refractivity contribution in [1.82, 2.24) is 0 Å². The topological polar surface area (TPSA) is 75.7 Å². The van der Waals surface area contributed by atoms with E-state index in [0.717, 1.165) is 16.4 Å². The molecule has 0 saturated heterocycles. The van der Waals surface area contributed by atoms with Crippen LogP contribution in [0.25, 0.3) is 0 Å². The highest BCUT2D eigenvalue weighted by atomic mass is 35.5. The van der Waals surface area contributed by atoms with Gasteiger partial charge in [0.15, 0.2) is 0 Å². The largest absolute Gasteiger partial charge is 0.573 e. The molecule has 0 aliphatic rings. The summed E-state index contributed by atoms with van der Waals surface area (Å²) in [7, 11) is -4.12. The van der Waals surface area contributed by atoms with Gasteiger partial charge in [0, 0.05) is 10.7 Å². The van der Waals surface area contributed by atoms with Gasteiger partial charge in [-0.25, -0.2) is 8.42 Å². The van der Waals surface area contributed by atoms with E-state index >= 15 is 0 Å². The Morgan fingerprint density at radius 3 is 2.09 bits per heavy atom. The van der Waals surface area contributed by atoms with Gasteiger partial charge in [0.2, 0.25) is 5.91 Å². The van der Waals surface area contributed by atoms with Crippen molar-refractivity contribution in [3.05, 3.63) is 83.9 Å². The molecule has 3 aromatic rings. The van der Waals surface area contributed by atoms with Crippen LogP contribution in [-0.4, -0.2) is 27.2 Å². The molecule has 3 aromatic carbocycles. The monoisotopic (exact) mass is 484 g/mol. The fourth-order valence-corrected chi connectivity index (χ4v) is 4.26. The van der Waals surface area contributed by atoms with Gasteiger partial charge in [-0.3, -0.25) is 9.10 Å². The maximum absolute atomic E-state index is 13.2. The lowest BCUT2D eigenvalue weighted by Crippen LogP contribution is -2.38. The lowest BCUT2D eigenvalue weighted by Gasteiger charge is -2.24. The molecule has 1 N–H and O–H groups in total. The van der Waals surface area contributed by atoms with Crippen molar-refractivity contribution in [1.29, 1.82) is 0 Å². The smallest absolute Gasteiger partial charge is 0.406 e. The first-order valence-corrected chi connectivity index (χ1v) is 10.9. The summed E-state index contributed by atoms with van der Waals surface area (Å²) in [5, 5.41) is 2.81. The van der Waals surface area contributed by atoms with Crippen LogP contribution in [0.1, 0.15) is 0 Å². The number of alkyl halides is 3. The van der Waals surface area contributed by atoms with Crippen LogP contribution in [0.2, 0.25) is 5.02 Å². The van der Waals surface area contributed by atoms with E-state index in [2.05, 4.69) is 10.1 Å². The predicted octanol–water partition coefficient (Wildman–Crippen LogP) is 5.07. The van der Waals surface area contributed by atoms with Crippen molar-refractivity contribution in [2.75, 3.05) is 16.2 Å². The molecule has 0 saturated carbocycles. The lowest BCUT2D eigenvalue weighted by molar-refractivity contribution is -0.274. The molecule has 1 amide bonds. The number of carbonyl (C=O) groups is 1. The van der Waals surface area contributed by atoms with E-state index < -0.39 is 34.6 Å². The number of sulfonamides is 1. The Labute approximate surface area is 187 Å². The first-order valence-electron chi connectivity index (χ1n) is 9.04. The van der Waals surface area contributed by atoms with E-state index in [1.165, 1.54) is 48.5 Å². The summed E-state index contributed by atoms with van der Waals surface area (Å²) in [5.74, 6) is -1.15. The summed E-state index contributed by atoms with van der Waals surface area (Å²) in [6, 6.07) is 18.0. The Morgan fingerprint density at radius 2 is 1.53 bits per heavy atom. The molecule has 0 radical (unpaired) electrons. The molecule has 0 spiro atoms. The van der Waals surface area contributed by atoms with Gasteiger partial charge in [0.05, 0.1) is 10.6 Å². The third-order valence-electron chi connectivity index (χ3n) is 4.10. The van der Waals surface area contributed by atoms with E-state index in [1.54, 1.807) is 18.2 Å². The van der Waals surface area contributed by atoms with Crippen LogP contribution in [0.4, 0.5) is 24.5 Å². The van der Waals surface area contributed by atoms with E-state index in [1.807, 2.05) is 0 Å². The number of halogens is 4. The molecule has 0 heterocycles. The van der Waals surface area contributed by atoms with Gasteiger partial charge in [-0.1, -0.05) is 29.8 Å². The molecule has 0 aliphatic carbocycles. The number of amides is 1. The quantitative estimate of drug-likeness (QED) is 0.508. The van der Waals surface area contributed by atoms with Crippen molar-refractivity contribution in [2.45, 2.75) is 11.3 Å². The molecule has 0 aromatic heterocycles. The SMILES string of the molecule is O=C(CN(c1ccccc1)S(=O)(=O)c1ccc(Cl)cc1)Nc1ccc(OC(F)(F)F)cc1. The van der Waals surface area contributed by atoms with Gasteiger partial charge in [0.25, 0.3) is 10.0 Å². The molecule has 168 valence electrons. The maximum atomic E-state index is 13.2. The zero-order chi connectivity index (χ0) is 23.4. The molecular weight excluding hydrogens is 469 g/mol. The third kappa shape index (κ3) is 6.14. The number of benzene rings is 3. The zero-order valence-corrected chi connectivity index (χ0v) is 17.8. The minimum atomic E-state index is -4.84. The Morgan fingerprint density at radius 1 is 0.938 bits per heavy atom. The van der Waals surface area contributed by atoms with Gasteiger partial charge in [0.1, 0.15) is 12.3 Å². The van der Waals surface area contributed by atoms with Crippen molar-refractivity contribution in [3.8, 4) is 5.75 Å². The number of rotatable bonds is 7. The van der Waals surface area contributed by atoms with Gasteiger partial charge in [-0.05, 0) is 60.7 Å². The van der Waals surface area contributed by atoms with E-state index in [4.69, 9.17) is 11.6 Å². The predicted molar refractivity (Wildman–Crippen MR) is 114 cm³/mol. The molecule has 0 atom stereocenters. The van der Waals surface area contributed by atoms with Crippen molar-refractivity contribution >= 4 is 38.9 Å². The van der Waals surface area contributed by atoms with Crippen LogP contribution >= 0.6 is 11.6 Å². The second-order valence-electron chi connectivity index (χ2n) is 6.42. The summed E-state index contributed by atoms with van der Waals surface area (Å²) in [4.78, 5) is 12.5. The van der Waals surface area contributed by atoms with Crippen molar-refractivity contribution in [2.24, 2.45) is 0 Å². The van der Waals surface area contributed by atoms with Gasteiger partial charge < -0.3 is 10.1 Å². The molecular formula is C21H16ClF3N2O4S. The number of nitrogens with one attached hydrogen (secondary N) is 1. The van der Waals surface area contributed by atoms with Crippen LogP contribution in [0.15, 0.2) is 83.8 Å². The fraction of sp³-hybridized carbons (Fsp3) is 0.0952. The van der Waals surface area contributed by atoms with E-state index in [-0.39, 0.29) is 16.3 Å². The van der Waals surface area contributed by atoms with Crippen LogP contribution in [0, 0.1) is 0 Å². The van der Waals surface area contributed by atoms with Crippen molar-refractivity contribution in [3.63, 3.8) is 0 Å². The zero-order valence-electron chi connectivity index (χ0n) is 16.2. The number of ether oxygens (including phenoxy) is 1. The van der Waals surface area contributed by atoms with Crippen LogP contribution < -0.4 is 14.4 Å². The minimum Gasteiger partial charge on any atom is -0.406 e. The molecule has 0 bridgehead atoms. The van der Waals surface area contributed by atoms with E-state index in [9.17, 15) is 26.4 Å². The molecule has 0 fully saturated rings. The van der Waals surface area contributed by atoms with Crippen LogP contribution in [0.3, 0.4) is 0 Å². The number of hydrogen-bond donors (Lipinski definition) is 1. The summed E-state index contributed by atoms with van der Waals surface area (Å²) in [6.45, 7) is -0.574. The Balaban J connectivity index is 1.81. The lowest BCUT2D eigenvalue weighted by atomic mass is 10.3. The molecule has 3 rings (SSSR count). The molecule has 6 nitrogen and oxygen atoms in total. The molecule has 0 aliphatic heterocycles. The molecule has 0 unspecified atom stereocenters. The Kier molecular flexibility index (Phi) is 6.95. The standard InChI is InChI=1S/C21H16ClF3N2O4S/c22-15-6-12-19(13-7-15)32(29,30)27(17-4-2-1-3-5-17)14-20(28)26-16-8-10-18(11-9-16)31-21(23,24)25/h1-13H,14H2,(H,26,28). The average molecular weight is 485 g/mol. The second-order valence-corrected chi connectivity index (χ2v) is 8.72. The highest BCUT2D eigenvalue weighted by Gasteiger charge is 2.31. The average Bonchev–Trinajstić information content (AvgIpc) is 2.73. The van der Waals surface area contributed by atoms with Crippen LogP contribution in [-0.2, 0) is 14.8 Å². The Hall–Kier alpha value is -3.24. The summed E-state index contributed by atoms with van der Waals surface area (Å²) < 4.78 is 67.9. The summed E-state index contributed by atoms with van der Waals surface area (Å²) in [5.41, 5.74) is 0.424. The maximum Gasteiger partial charge on any atom is 0.573 e. The summed E-state index contributed by atoms with van der Waals surface area (Å²) >= 11 is 5.84. The minimum absolute atomic E-state index is 0.0628. The van der Waals surface area contributed by atoms with Crippen LogP contribution in [0.5, 0.6) is 5.75 Å². The fourth-order valence-electron chi connectivity index (χ4n) is 2.71.